The molecule has 2 rings (SSSR count). The Bertz CT molecular complexity index is 559. The molecule has 0 heterocycles. The third kappa shape index (κ3) is 3.88. The van der Waals surface area contributed by atoms with Crippen LogP contribution in [-0.2, 0) is 12.0 Å². The van der Waals surface area contributed by atoms with Crippen molar-refractivity contribution in [2.75, 3.05) is 0 Å². The lowest BCUT2D eigenvalue weighted by molar-refractivity contribution is 0.489. The zero-order chi connectivity index (χ0) is 14.0. The smallest absolute Gasteiger partial charge is 0.124 e. The first-order valence-electron chi connectivity index (χ1n) is 5.87. The van der Waals surface area contributed by atoms with Gasteiger partial charge in [0.25, 0.3) is 0 Å². The molecule has 2 N–H and O–H groups in total. The zero-order valence-electron chi connectivity index (χ0n) is 10.5. The molecule has 0 spiro atoms. The molecule has 0 fully saturated rings. The summed E-state index contributed by atoms with van der Waals surface area (Å²) in [5, 5.41) is 0. The zero-order valence-corrected chi connectivity index (χ0v) is 13.6. The average molecular weight is 387 g/mol. The molecule has 0 bridgehead atoms. The third-order valence-electron chi connectivity index (χ3n) is 3.00. The highest BCUT2D eigenvalue weighted by molar-refractivity contribution is 9.10. The lowest BCUT2D eigenvalue weighted by Crippen LogP contribution is -2.35. The Morgan fingerprint density at radius 1 is 1.05 bits per heavy atom. The van der Waals surface area contributed by atoms with Crippen LogP contribution in [0, 0.1) is 5.82 Å². The molecular formula is C15H14Br2FN. The fourth-order valence-corrected chi connectivity index (χ4v) is 2.85. The van der Waals surface area contributed by atoms with Gasteiger partial charge < -0.3 is 5.73 Å². The lowest BCUT2D eigenvalue weighted by Gasteiger charge is -2.25. The Balaban J connectivity index is 2.27. The topological polar surface area (TPSA) is 26.0 Å². The van der Waals surface area contributed by atoms with Gasteiger partial charge in [-0.1, -0.05) is 44.0 Å². The van der Waals surface area contributed by atoms with Crippen LogP contribution in [0.3, 0.4) is 0 Å². The normalized spacial score (nSPS) is 14.2. The highest BCUT2D eigenvalue weighted by atomic mass is 79.9. The molecule has 4 heteroatoms. The van der Waals surface area contributed by atoms with Gasteiger partial charge in [-0.3, -0.25) is 0 Å². The maximum Gasteiger partial charge on any atom is 0.124 e. The Hall–Kier alpha value is -0.710. The van der Waals surface area contributed by atoms with Crippen LogP contribution < -0.4 is 5.73 Å². The summed E-state index contributed by atoms with van der Waals surface area (Å²) in [4.78, 5) is 0. The molecule has 0 saturated heterocycles. The van der Waals surface area contributed by atoms with E-state index in [1.807, 2.05) is 37.3 Å². The van der Waals surface area contributed by atoms with E-state index in [0.717, 1.165) is 20.1 Å². The van der Waals surface area contributed by atoms with Gasteiger partial charge in [0.15, 0.2) is 0 Å². The Morgan fingerprint density at radius 3 is 2.26 bits per heavy atom. The maximum absolute atomic E-state index is 13.4. The summed E-state index contributed by atoms with van der Waals surface area (Å²) in [6, 6.07) is 12.7. The molecule has 1 unspecified atom stereocenters. The van der Waals surface area contributed by atoms with E-state index in [1.165, 1.54) is 12.1 Å². The lowest BCUT2D eigenvalue weighted by atomic mass is 9.87. The fourth-order valence-electron chi connectivity index (χ4n) is 2.07. The molecule has 0 aliphatic rings. The largest absolute Gasteiger partial charge is 0.321 e. The number of rotatable bonds is 3. The average Bonchev–Trinajstić information content (AvgIpc) is 2.27. The number of benzene rings is 2. The third-order valence-corrected chi connectivity index (χ3v) is 3.98. The van der Waals surface area contributed by atoms with E-state index in [0.29, 0.717) is 6.42 Å². The van der Waals surface area contributed by atoms with Crippen molar-refractivity contribution in [2.24, 2.45) is 5.73 Å². The number of hydrogen-bond donors (Lipinski definition) is 1. The molecule has 0 saturated carbocycles. The van der Waals surface area contributed by atoms with Gasteiger partial charge >= 0.3 is 0 Å². The molecule has 1 atom stereocenters. The van der Waals surface area contributed by atoms with E-state index in [9.17, 15) is 4.39 Å². The molecule has 0 radical (unpaired) electrons. The highest BCUT2D eigenvalue weighted by Crippen LogP contribution is 2.26. The maximum atomic E-state index is 13.4. The standard InChI is InChI=1S/C15H14Br2FN/c1-15(19,11-2-4-12(16)5-3-11)9-10-6-13(17)8-14(18)7-10/h2-8H,9,19H2,1H3. The van der Waals surface area contributed by atoms with E-state index in [1.54, 1.807) is 0 Å². The van der Waals surface area contributed by atoms with Gasteiger partial charge in [0.1, 0.15) is 5.82 Å². The first kappa shape index (κ1) is 14.7. The number of halogens is 3. The van der Waals surface area contributed by atoms with Crippen LogP contribution in [-0.4, -0.2) is 0 Å². The van der Waals surface area contributed by atoms with E-state index < -0.39 is 5.54 Å². The van der Waals surface area contributed by atoms with Gasteiger partial charge in [0, 0.05) is 14.5 Å². The minimum Gasteiger partial charge on any atom is -0.321 e. The van der Waals surface area contributed by atoms with Crippen LogP contribution in [0.15, 0.2) is 51.4 Å². The summed E-state index contributed by atoms with van der Waals surface area (Å²) in [6.45, 7) is 1.95. The fraction of sp³-hybridized carbons (Fsp3) is 0.200. The molecule has 2 aromatic carbocycles. The molecule has 19 heavy (non-hydrogen) atoms. The predicted octanol–water partition coefficient (Wildman–Crippen LogP) is 4.77. The second-order valence-electron chi connectivity index (χ2n) is 4.88. The summed E-state index contributed by atoms with van der Waals surface area (Å²) < 4.78 is 15.1. The van der Waals surface area contributed by atoms with Crippen molar-refractivity contribution in [3.8, 4) is 0 Å². The van der Waals surface area contributed by atoms with E-state index in [4.69, 9.17) is 5.73 Å². The van der Waals surface area contributed by atoms with Gasteiger partial charge in [-0.25, -0.2) is 4.39 Å². The Kier molecular flexibility index (Phi) is 4.43. The van der Waals surface area contributed by atoms with Crippen molar-refractivity contribution in [3.05, 3.63) is 68.4 Å². The van der Waals surface area contributed by atoms with Crippen molar-refractivity contribution < 1.29 is 4.39 Å². The second-order valence-corrected chi connectivity index (χ2v) is 6.71. The molecule has 0 amide bonds. The Morgan fingerprint density at radius 2 is 1.68 bits per heavy atom. The molecule has 0 aliphatic carbocycles. The van der Waals surface area contributed by atoms with Crippen LogP contribution in [0.5, 0.6) is 0 Å². The van der Waals surface area contributed by atoms with E-state index in [2.05, 4.69) is 31.9 Å². The van der Waals surface area contributed by atoms with E-state index in [-0.39, 0.29) is 5.82 Å². The molecular weight excluding hydrogens is 373 g/mol. The molecule has 1 nitrogen and oxygen atoms in total. The number of nitrogens with two attached hydrogens (primary N) is 1. The minimum absolute atomic E-state index is 0.254. The monoisotopic (exact) mass is 385 g/mol. The molecule has 100 valence electrons. The van der Waals surface area contributed by atoms with Crippen molar-refractivity contribution >= 4 is 31.9 Å². The molecule has 0 aliphatic heterocycles. The first-order valence-corrected chi connectivity index (χ1v) is 7.45. The quantitative estimate of drug-likeness (QED) is 0.807. The summed E-state index contributed by atoms with van der Waals surface area (Å²) >= 11 is 6.70. The summed E-state index contributed by atoms with van der Waals surface area (Å²) in [7, 11) is 0. The van der Waals surface area contributed by atoms with Crippen molar-refractivity contribution in [1.82, 2.24) is 0 Å². The van der Waals surface area contributed by atoms with Crippen LogP contribution in [0.4, 0.5) is 4.39 Å². The highest BCUT2D eigenvalue weighted by Gasteiger charge is 2.22. The predicted molar refractivity (Wildman–Crippen MR) is 83.5 cm³/mol. The van der Waals surface area contributed by atoms with Gasteiger partial charge in [0.2, 0.25) is 0 Å². The molecule has 2 aromatic rings. The van der Waals surface area contributed by atoms with Gasteiger partial charge in [-0.05, 0) is 54.8 Å². The minimum atomic E-state index is -0.534. The van der Waals surface area contributed by atoms with Crippen LogP contribution in [0.2, 0.25) is 0 Å². The van der Waals surface area contributed by atoms with Crippen LogP contribution in [0.25, 0.3) is 0 Å². The van der Waals surface area contributed by atoms with Crippen molar-refractivity contribution in [3.63, 3.8) is 0 Å². The van der Waals surface area contributed by atoms with E-state index >= 15 is 0 Å². The van der Waals surface area contributed by atoms with Crippen LogP contribution >= 0.6 is 31.9 Å². The van der Waals surface area contributed by atoms with Gasteiger partial charge in [0.05, 0.1) is 0 Å². The van der Waals surface area contributed by atoms with Crippen molar-refractivity contribution in [1.29, 1.82) is 0 Å². The van der Waals surface area contributed by atoms with Gasteiger partial charge in [-0.2, -0.15) is 0 Å². The van der Waals surface area contributed by atoms with Crippen LogP contribution in [0.1, 0.15) is 18.1 Å². The first-order chi connectivity index (χ1) is 8.87. The number of hydrogen-bond acceptors (Lipinski definition) is 1. The summed E-state index contributed by atoms with van der Waals surface area (Å²) in [5.74, 6) is -0.254. The molecule has 0 aromatic heterocycles. The van der Waals surface area contributed by atoms with Crippen molar-refractivity contribution in [2.45, 2.75) is 18.9 Å². The Labute approximate surface area is 129 Å². The van der Waals surface area contributed by atoms with Gasteiger partial charge in [-0.15, -0.1) is 0 Å². The SMILES string of the molecule is CC(N)(Cc1cc(F)cc(Br)c1)c1ccc(Br)cc1. The summed E-state index contributed by atoms with van der Waals surface area (Å²) in [5.41, 5.74) is 7.73. The summed E-state index contributed by atoms with van der Waals surface area (Å²) in [6.07, 6.45) is 0.574. The second kappa shape index (κ2) is 5.73.